The molecule has 1 unspecified atom stereocenters. The second-order valence-corrected chi connectivity index (χ2v) is 4.27. The monoisotopic (exact) mass is 213 g/mol. The van der Waals surface area contributed by atoms with Gasteiger partial charge in [-0.25, -0.2) is 4.98 Å². The molecule has 3 nitrogen and oxygen atoms in total. The van der Waals surface area contributed by atoms with Crippen LogP contribution in [0.4, 0.5) is 0 Å². The van der Waals surface area contributed by atoms with Crippen LogP contribution in [0.3, 0.4) is 0 Å². The minimum absolute atomic E-state index is 0.0847. The Morgan fingerprint density at radius 1 is 1.25 bits per heavy atom. The van der Waals surface area contributed by atoms with Gasteiger partial charge in [0.25, 0.3) is 0 Å². The molecule has 1 aromatic heterocycles. The third-order valence-corrected chi connectivity index (χ3v) is 3.17. The summed E-state index contributed by atoms with van der Waals surface area (Å²) in [7, 11) is 0. The van der Waals surface area contributed by atoms with Crippen molar-refractivity contribution in [2.75, 3.05) is 0 Å². The molecule has 2 N–H and O–H groups in total. The normalized spacial score (nSPS) is 19.4. The molecule has 0 aliphatic carbocycles. The summed E-state index contributed by atoms with van der Waals surface area (Å²) < 4.78 is 2.18. The minimum atomic E-state index is 0.0847. The standard InChI is InChI=1S/C13H15N3/c14-12-8-4-7-11-9-15-13(16(11)12)10-5-2-1-3-6-10/h1-3,5-6,9,12H,4,7-8,14H2. The van der Waals surface area contributed by atoms with Gasteiger partial charge in [-0.05, 0) is 19.3 Å². The summed E-state index contributed by atoms with van der Waals surface area (Å²) >= 11 is 0. The fourth-order valence-corrected chi connectivity index (χ4v) is 2.37. The Hall–Kier alpha value is -1.61. The van der Waals surface area contributed by atoms with Gasteiger partial charge in [0.1, 0.15) is 5.82 Å². The highest BCUT2D eigenvalue weighted by molar-refractivity contribution is 5.56. The largest absolute Gasteiger partial charge is 0.312 e. The van der Waals surface area contributed by atoms with Gasteiger partial charge in [0.05, 0.1) is 6.17 Å². The van der Waals surface area contributed by atoms with Gasteiger partial charge < -0.3 is 10.3 Å². The lowest BCUT2D eigenvalue weighted by atomic mass is 10.1. The first kappa shape index (κ1) is 9.60. The molecule has 0 amide bonds. The maximum absolute atomic E-state index is 6.15. The van der Waals surface area contributed by atoms with E-state index in [0.717, 1.165) is 24.2 Å². The first-order valence-corrected chi connectivity index (χ1v) is 5.73. The van der Waals surface area contributed by atoms with Crippen LogP contribution in [0.1, 0.15) is 24.7 Å². The molecule has 2 aromatic rings. The topological polar surface area (TPSA) is 43.8 Å². The number of nitrogens with zero attached hydrogens (tertiary/aromatic N) is 2. The molecule has 0 saturated carbocycles. The highest BCUT2D eigenvalue weighted by Crippen LogP contribution is 2.28. The van der Waals surface area contributed by atoms with E-state index in [0.29, 0.717) is 0 Å². The molecule has 0 radical (unpaired) electrons. The molecule has 0 bridgehead atoms. The molecule has 1 aliphatic rings. The number of benzene rings is 1. The molecule has 0 spiro atoms. The summed E-state index contributed by atoms with van der Waals surface area (Å²) in [5.41, 5.74) is 8.56. The van der Waals surface area contributed by atoms with Crippen molar-refractivity contribution in [3.8, 4) is 11.4 Å². The molecule has 0 fully saturated rings. The maximum Gasteiger partial charge on any atom is 0.141 e. The highest BCUT2D eigenvalue weighted by Gasteiger charge is 2.20. The second-order valence-electron chi connectivity index (χ2n) is 4.27. The summed E-state index contributed by atoms with van der Waals surface area (Å²) in [6, 6.07) is 10.2. The van der Waals surface area contributed by atoms with Crippen molar-refractivity contribution >= 4 is 0 Å². The number of fused-ring (bicyclic) bond motifs is 1. The number of hydrogen-bond donors (Lipinski definition) is 1. The van der Waals surface area contributed by atoms with Gasteiger partial charge in [0.2, 0.25) is 0 Å². The number of imidazole rings is 1. The first-order valence-electron chi connectivity index (χ1n) is 5.73. The predicted octanol–water partition coefficient (Wildman–Crippen LogP) is 2.34. The number of rotatable bonds is 1. The molecule has 0 saturated heterocycles. The van der Waals surface area contributed by atoms with Gasteiger partial charge >= 0.3 is 0 Å². The van der Waals surface area contributed by atoms with Crippen LogP contribution < -0.4 is 5.73 Å². The number of hydrogen-bond acceptors (Lipinski definition) is 2. The molecule has 1 aromatic carbocycles. The minimum Gasteiger partial charge on any atom is -0.312 e. The fraction of sp³-hybridized carbons (Fsp3) is 0.308. The van der Waals surface area contributed by atoms with Crippen molar-refractivity contribution in [3.05, 3.63) is 42.2 Å². The Bertz CT molecular complexity index is 487. The molecule has 1 aliphatic heterocycles. The molecule has 1 atom stereocenters. The first-order chi connectivity index (χ1) is 7.86. The number of aryl methyl sites for hydroxylation is 1. The zero-order chi connectivity index (χ0) is 11.0. The van der Waals surface area contributed by atoms with Crippen LogP contribution in [0.5, 0.6) is 0 Å². The number of aromatic nitrogens is 2. The summed E-state index contributed by atoms with van der Waals surface area (Å²) in [6.07, 6.45) is 5.35. The van der Waals surface area contributed by atoms with E-state index < -0.39 is 0 Å². The van der Waals surface area contributed by atoms with Crippen LogP contribution >= 0.6 is 0 Å². The van der Waals surface area contributed by atoms with E-state index in [-0.39, 0.29) is 6.17 Å². The molecule has 3 rings (SSSR count). The lowest BCUT2D eigenvalue weighted by Crippen LogP contribution is -2.25. The van der Waals surface area contributed by atoms with Gasteiger partial charge in [-0.15, -0.1) is 0 Å². The lowest BCUT2D eigenvalue weighted by molar-refractivity contribution is 0.418. The predicted molar refractivity (Wildman–Crippen MR) is 63.8 cm³/mol. The maximum atomic E-state index is 6.15. The van der Waals surface area contributed by atoms with E-state index in [1.54, 1.807) is 0 Å². The average molecular weight is 213 g/mol. The molecular weight excluding hydrogens is 198 g/mol. The average Bonchev–Trinajstić information content (AvgIpc) is 2.75. The summed E-state index contributed by atoms with van der Waals surface area (Å²) in [4.78, 5) is 4.50. The zero-order valence-electron chi connectivity index (χ0n) is 9.13. The van der Waals surface area contributed by atoms with E-state index in [2.05, 4.69) is 21.7 Å². The van der Waals surface area contributed by atoms with Crippen LogP contribution in [0.2, 0.25) is 0 Å². The molecule has 82 valence electrons. The van der Waals surface area contributed by atoms with E-state index in [9.17, 15) is 0 Å². The van der Waals surface area contributed by atoms with Gasteiger partial charge in [-0.2, -0.15) is 0 Å². The Morgan fingerprint density at radius 3 is 2.88 bits per heavy atom. The molecule has 16 heavy (non-hydrogen) atoms. The van der Waals surface area contributed by atoms with Crippen LogP contribution in [0, 0.1) is 0 Å². The Kier molecular flexibility index (Phi) is 2.26. The third kappa shape index (κ3) is 1.44. The van der Waals surface area contributed by atoms with Crippen molar-refractivity contribution in [1.29, 1.82) is 0 Å². The third-order valence-electron chi connectivity index (χ3n) is 3.17. The van der Waals surface area contributed by atoms with Crippen LogP contribution in [0.15, 0.2) is 36.5 Å². The van der Waals surface area contributed by atoms with Gasteiger partial charge in [0.15, 0.2) is 0 Å². The highest BCUT2D eigenvalue weighted by atomic mass is 15.2. The Morgan fingerprint density at radius 2 is 2.06 bits per heavy atom. The second kappa shape index (κ2) is 3.76. The van der Waals surface area contributed by atoms with Crippen LogP contribution in [0.25, 0.3) is 11.4 Å². The molecule has 2 heterocycles. The van der Waals surface area contributed by atoms with Crippen molar-refractivity contribution < 1.29 is 0 Å². The smallest absolute Gasteiger partial charge is 0.141 e. The zero-order valence-corrected chi connectivity index (χ0v) is 9.13. The fourth-order valence-electron chi connectivity index (χ4n) is 2.37. The van der Waals surface area contributed by atoms with Crippen molar-refractivity contribution in [1.82, 2.24) is 9.55 Å². The van der Waals surface area contributed by atoms with E-state index in [1.807, 2.05) is 24.4 Å². The number of nitrogens with two attached hydrogens (primary N) is 1. The summed E-state index contributed by atoms with van der Waals surface area (Å²) in [6.45, 7) is 0. The quantitative estimate of drug-likeness (QED) is 0.790. The van der Waals surface area contributed by atoms with Crippen molar-refractivity contribution in [3.63, 3.8) is 0 Å². The van der Waals surface area contributed by atoms with Crippen LogP contribution in [-0.4, -0.2) is 9.55 Å². The van der Waals surface area contributed by atoms with E-state index in [1.165, 1.54) is 12.1 Å². The van der Waals surface area contributed by atoms with E-state index in [4.69, 9.17) is 5.73 Å². The van der Waals surface area contributed by atoms with Gasteiger partial charge in [-0.3, -0.25) is 0 Å². The van der Waals surface area contributed by atoms with Crippen molar-refractivity contribution in [2.45, 2.75) is 25.4 Å². The van der Waals surface area contributed by atoms with Gasteiger partial charge in [-0.1, -0.05) is 30.3 Å². The molecular formula is C13H15N3. The van der Waals surface area contributed by atoms with E-state index >= 15 is 0 Å². The SMILES string of the molecule is NC1CCCc2cnc(-c3ccccc3)n21. The van der Waals surface area contributed by atoms with Gasteiger partial charge in [0, 0.05) is 17.5 Å². The Balaban J connectivity index is 2.13. The summed E-state index contributed by atoms with van der Waals surface area (Å²) in [5, 5.41) is 0. The molecule has 3 heteroatoms. The van der Waals surface area contributed by atoms with Crippen LogP contribution in [-0.2, 0) is 6.42 Å². The lowest BCUT2D eigenvalue weighted by Gasteiger charge is -2.23. The summed E-state index contributed by atoms with van der Waals surface area (Å²) in [5.74, 6) is 1.00. The Labute approximate surface area is 94.9 Å². The van der Waals surface area contributed by atoms with Crippen molar-refractivity contribution in [2.24, 2.45) is 5.73 Å².